The first kappa shape index (κ1) is 17.5. The molecule has 1 N–H and O–H groups in total. The second kappa shape index (κ2) is 10.1. The highest BCUT2D eigenvalue weighted by atomic mass is 16.5. The van der Waals surface area contributed by atoms with Crippen LogP contribution in [0.4, 0.5) is 0 Å². The highest BCUT2D eigenvalue weighted by molar-refractivity contribution is 5.91. The highest BCUT2D eigenvalue weighted by Gasteiger charge is 2.08. The molecule has 1 aliphatic rings. The van der Waals surface area contributed by atoms with Gasteiger partial charge in [0.05, 0.1) is 7.11 Å². The van der Waals surface area contributed by atoms with Gasteiger partial charge < -0.3 is 15.0 Å². The number of ether oxygens (including phenoxy) is 1. The number of nitrogens with one attached hydrogen (secondary N) is 1. The second-order valence-electron chi connectivity index (χ2n) is 6.01. The van der Waals surface area contributed by atoms with Crippen molar-refractivity contribution in [3.63, 3.8) is 0 Å². The average molecular weight is 316 g/mol. The molecule has 1 aliphatic heterocycles. The van der Waals surface area contributed by atoms with Crippen molar-refractivity contribution in [3.05, 3.63) is 35.9 Å². The lowest BCUT2D eigenvalue weighted by molar-refractivity contribution is -0.116. The summed E-state index contributed by atoms with van der Waals surface area (Å²) in [6.45, 7) is 4.41. The quantitative estimate of drug-likeness (QED) is 0.592. The first-order valence-electron chi connectivity index (χ1n) is 8.60. The highest BCUT2D eigenvalue weighted by Crippen LogP contribution is 2.12. The number of hydrogen-bond acceptors (Lipinski definition) is 3. The predicted molar refractivity (Wildman–Crippen MR) is 94.6 cm³/mol. The zero-order valence-electron chi connectivity index (χ0n) is 14.1. The SMILES string of the molecule is COc1ccc(/C=C/C(=O)NCCCCN2CCCCC2)cc1. The average Bonchev–Trinajstić information content (AvgIpc) is 2.61. The third kappa shape index (κ3) is 6.87. The van der Waals surface area contributed by atoms with Crippen molar-refractivity contribution in [3.8, 4) is 5.75 Å². The zero-order valence-corrected chi connectivity index (χ0v) is 14.1. The van der Waals surface area contributed by atoms with E-state index in [9.17, 15) is 4.79 Å². The third-order valence-corrected chi connectivity index (χ3v) is 4.19. The Balaban J connectivity index is 1.57. The molecule has 0 radical (unpaired) electrons. The van der Waals surface area contributed by atoms with E-state index in [1.807, 2.05) is 30.3 Å². The van der Waals surface area contributed by atoms with Gasteiger partial charge in [0.25, 0.3) is 0 Å². The van der Waals surface area contributed by atoms with Crippen molar-refractivity contribution in [2.45, 2.75) is 32.1 Å². The second-order valence-corrected chi connectivity index (χ2v) is 6.01. The van der Waals surface area contributed by atoms with E-state index in [4.69, 9.17) is 4.74 Å². The molecule has 0 spiro atoms. The molecule has 1 heterocycles. The van der Waals surface area contributed by atoms with Crippen LogP contribution in [0.2, 0.25) is 0 Å². The molecule has 1 aromatic rings. The van der Waals surface area contributed by atoms with Crippen molar-refractivity contribution in [1.82, 2.24) is 10.2 Å². The van der Waals surface area contributed by atoms with Crippen LogP contribution in [0.1, 0.15) is 37.7 Å². The normalized spacial score (nSPS) is 15.7. The molecule has 0 aliphatic carbocycles. The standard InChI is InChI=1S/C19H28N2O2/c1-23-18-10-7-17(8-11-18)9-12-19(22)20-13-3-6-16-21-14-4-2-5-15-21/h7-12H,2-6,13-16H2,1H3,(H,20,22)/b12-9+. The monoisotopic (exact) mass is 316 g/mol. The summed E-state index contributed by atoms with van der Waals surface area (Å²) in [5.74, 6) is 0.791. The van der Waals surface area contributed by atoms with Gasteiger partial charge in [-0.05, 0) is 69.1 Å². The predicted octanol–water partition coefficient (Wildman–Crippen LogP) is 3.09. The van der Waals surface area contributed by atoms with E-state index < -0.39 is 0 Å². The van der Waals surface area contributed by atoms with Crippen molar-refractivity contribution < 1.29 is 9.53 Å². The van der Waals surface area contributed by atoms with Crippen molar-refractivity contribution in [2.75, 3.05) is 33.3 Å². The van der Waals surface area contributed by atoms with Crippen molar-refractivity contribution >= 4 is 12.0 Å². The molecule has 23 heavy (non-hydrogen) atoms. The van der Waals surface area contributed by atoms with Gasteiger partial charge in [-0.15, -0.1) is 0 Å². The fourth-order valence-corrected chi connectivity index (χ4v) is 2.80. The summed E-state index contributed by atoms with van der Waals surface area (Å²) in [4.78, 5) is 14.3. The Morgan fingerprint density at radius 2 is 1.91 bits per heavy atom. The number of hydrogen-bond donors (Lipinski definition) is 1. The number of carbonyl (C=O) groups is 1. The minimum absolute atomic E-state index is 0.0289. The van der Waals surface area contributed by atoms with Crippen LogP contribution in [0.15, 0.2) is 30.3 Å². The molecule has 1 saturated heterocycles. The molecule has 2 rings (SSSR count). The molecular formula is C19H28N2O2. The summed E-state index contributed by atoms with van der Waals surface area (Å²) in [7, 11) is 1.64. The van der Waals surface area contributed by atoms with Crippen LogP contribution >= 0.6 is 0 Å². The van der Waals surface area contributed by atoms with Crippen LogP contribution in [0.25, 0.3) is 6.08 Å². The zero-order chi connectivity index (χ0) is 16.3. The first-order valence-corrected chi connectivity index (χ1v) is 8.60. The van der Waals surface area contributed by atoms with Gasteiger partial charge in [-0.25, -0.2) is 0 Å². The fourth-order valence-electron chi connectivity index (χ4n) is 2.80. The number of nitrogens with zero attached hydrogens (tertiary/aromatic N) is 1. The summed E-state index contributed by atoms with van der Waals surface area (Å²) in [5.41, 5.74) is 0.992. The van der Waals surface area contributed by atoms with E-state index in [-0.39, 0.29) is 5.91 Å². The summed E-state index contributed by atoms with van der Waals surface area (Å²) in [5, 5.41) is 2.94. The van der Waals surface area contributed by atoms with Crippen LogP contribution in [-0.2, 0) is 4.79 Å². The Hall–Kier alpha value is -1.81. The lowest BCUT2D eigenvalue weighted by Crippen LogP contribution is -2.31. The molecule has 0 atom stereocenters. The van der Waals surface area contributed by atoms with Crippen LogP contribution in [-0.4, -0.2) is 44.1 Å². The lowest BCUT2D eigenvalue weighted by atomic mass is 10.1. The number of amides is 1. The number of methoxy groups -OCH3 is 1. The molecule has 4 nitrogen and oxygen atoms in total. The van der Waals surface area contributed by atoms with Crippen molar-refractivity contribution in [2.24, 2.45) is 0 Å². The summed E-state index contributed by atoms with van der Waals surface area (Å²) >= 11 is 0. The third-order valence-electron chi connectivity index (χ3n) is 4.19. The molecule has 0 saturated carbocycles. The minimum atomic E-state index is -0.0289. The van der Waals surface area contributed by atoms with Crippen LogP contribution < -0.4 is 10.1 Å². The summed E-state index contributed by atoms with van der Waals surface area (Å²) < 4.78 is 5.11. The van der Waals surface area contributed by atoms with Gasteiger partial charge in [0.1, 0.15) is 5.75 Å². The van der Waals surface area contributed by atoms with Crippen LogP contribution in [0, 0.1) is 0 Å². The number of rotatable bonds is 8. The number of benzene rings is 1. The van der Waals surface area contributed by atoms with Crippen LogP contribution in [0.3, 0.4) is 0 Å². The Bertz CT molecular complexity index is 491. The maximum atomic E-state index is 11.8. The van der Waals surface area contributed by atoms with E-state index in [1.54, 1.807) is 13.2 Å². The largest absolute Gasteiger partial charge is 0.497 e. The van der Waals surface area contributed by atoms with Gasteiger partial charge in [-0.3, -0.25) is 4.79 Å². The molecule has 126 valence electrons. The Labute approximate surface area is 139 Å². The molecule has 0 bridgehead atoms. The van der Waals surface area contributed by atoms with Gasteiger partial charge in [0.2, 0.25) is 5.91 Å². The molecular weight excluding hydrogens is 288 g/mol. The number of piperidine rings is 1. The number of carbonyl (C=O) groups excluding carboxylic acids is 1. The smallest absolute Gasteiger partial charge is 0.243 e. The summed E-state index contributed by atoms with van der Waals surface area (Å²) in [6, 6.07) is 7.64. The molecule has 1 fully saturated rings. The molecule has 0 unspecified atom stereocenters. The van der Waals surface area contributed by atoms with Gasteiger partial charge in [-0.1, -0.05) is 18.6 Å². The minimum Gasteiger partial charge on any atom is -0.497 e. The van der Waals surface area contributed by atoms with E-state index in [0.717, 1.165) is 37.2 Å². The molecule has 4 heteroatoms. The van der Waals surface area contributed by atoms with E-state index >= 15 is 0 Å². The number of likely N-dealkylation sites (tertiary alicyclic amines) is 1. The fraction of sp³-hybridized carbons (Fsp3) is 0.526. The van der Waals surface area contributed by atoms with Crippen LogP contribution in [0.5, 0.6) is 5.75 Å². The van der Waals surface area contributed by atoms with Gasteiger partial charge in [0, 0.05) is 12.6 Å². The number of unbranched alkanes of at least 4 members (excludes halogenated alkanes) is 1. The van der Waals surface area contributed by atoms with Crippen molar-refractivity contribution in [1.29, 1.82) is 0 Å². The van der Waals surface area contributed by atoms with Gasteiger partial charge in [-0.2, -0.15) is 0 Å². The molecule has 0 aromatic heterocycles. The summed E-state index contributed by atoms with van der Waals surface area (Å²) in [6.07, 6.45) is 9.67. The first-order chi connectivity index (χ1) is 11.3. The maximum Gasteiger partial charge on any atom is 0.243 e. The molecule has 1 amide bonds. The van der Waals surface area contributed by atoms with E-state index in [1.165, 1.54) is 32.4 Å². The Kier molecular flexibility index (Phi) is 7.67. The van der Waals surface area contributed by atoms with E-state index in [2.05, 4.69) is 10.2 Å². The Morgan fingerprint density at radius 1 is 1.17 bits per heavy atom. The Morgan fingerprint density at radius 3 is 2.61 bits per heavy atom. The van der Waals surface area contributed by atoms with Gasteiger partial charge in [0.15, 0.2) is 0 Å². The molecule has 1 aromatic carbocycles. The topological polar surface area (TPSA) is 41.6 Å². The van der Waals surface area contributed by atoms with Gasteiger partial charge >= 0.3 is 0 Å². The lowest BCUT2D eigenvalue weighted by Gasteiger charge is -2.26. The van der Waals surface area contributed by atoms with E-state index in [0.29, 0.717) is 0 Å². The maximum absolute atomic E-state index is 11.8.